The highest BCUT2D eigenvalue weighted by Crippen LogP contribution is 2.37. The first-order valence-electron chi connectivity index (χ1n) is 6.19. The van der Waals surface area contributed by atoms with Crippen molar-refractivity contribution < 1.29 is 22.7 Å². The van der Waals surface area contributed by atoms with E-state index in [0.29, 0.717) is 0 Å². The molecule has 0 N–H and O–H groups in total. The molecular weight excluding hydrogens is 306 g/mol. The monoisotopic (exact) mass is 321 g/mol. The standard InChI is InChI=1S/C12H16ClNO5S/c1-8(7-18-2)19-12(15)11-5-10(20(13,16)17)6-14(11)9-3-4-9/h5-6,8-9H,3-4,7H2,1-2H3. The van der Waals surface area contributed by atoms with E-state index in [2.05, 4.69) is 0 Å². The molecule has 0 amide bonds. The Labute approximate surface area is 122 Å². The minimum atomic E-state index is -3.86. The van der Waals surface area contributed by atoms with Crippen LogP contribution in [0.15, 0.2) is 17.2 Å². The third-order valence-corrected chi connectivity index (χ3v) is 4.28. The Morgan fingerprint density at radius 2 is 2.20 bits per heavy atom. The van der Waals surface area contributed by atoms with Crippen molar-refractivity contribution in [2.45, 2.75) is 36.8 Å². The molecule has 1 aliphatic carbocycles. The number of carbonyl (C=O) groups excluding carboxylic acids is 1. The molecule has 0 radical (unpaired) electrons. The van der Waals surface area contributed by atoms with Crippen LogP contribution < -0.4 is 0 Å². The molecule has 0 bridgehead atoms. The molecule has 6 nitrogen and oxygen atoms in total. The van der Waals surface area contributed by atoms with Crippen LogP contribution >= 0.6 is 10.7 Å². The Morgan fingerprint density at radius 3 is 2.70 bits per heavy atom. The first kappa shape index (κ1) is 15.3. The van der Waals surface area contributed by atoms with Gasteiger partial charge in [0.05, 0.1) is 6.61 Å². The van der Waals surface area contributed by atoms with Gasteiger partial charge in [-0.25, -0.2) is 13.2 Å². The highest BCUT2D eigenvalue weighted by molar-refractivity contribution is 8.13. The van der Waals surface area contributed by atoms with Crippen LogP contribution in [0.5, 0.6) is 0 Å². The van der Waals surface area contributed by atoms with Gasteiger partial charge in [-0.1, -0.05) is 0 Å². The van der Waals surface area contributed by atoms with Crippen LogP contribution in [0.1, 0.15) is 36.3 Å². The van der Waals surface area contributed by atoms with Crippen molar-refractivity contribution in [2.75, 3.05) is 13.7 Å². The van der Waals surface area contributed by atoms with Crippen LogP contribution in [-0.2, 0) is 18.5 Å². The summed E-state index contributed by atoms with van der Waals surface area (Å²) in [6, 6.07) is 1.39. The number of rotatable bonds is 6. The van der Waals surface area contributed by atoms with E-state index in [-0.39, 0.29) is 23.2 Å². The van der Waals surface area contributed by atoms with Gasteiger partial charge in [-0.3, -0.25) is 0 Å². The van der Waals surface area contributed by atoms with Gasteiger partial charge >= 0.3 is 5.97 Å². The summed E-state index contributed by atoms with van der Waals surface area (Å²) in [5.74, 6) is -0.576. The van der Waals surface area contributed by atoms with Crippen molar-refractivity contribution in [1.29, 1.82) is 0 Å². The number of methoxy groups -OCH3 is 1. The van der Waals surface area contributed by atoms with Gasteiger partial charge in [0.2, 0.25) is 0 Å². The second-order valence-corrected chi connectivity index (χ2v) is 7.37. The molecule has 8 heteroatoms. The lowest BCUT2D eigenvalue weighted by molar-refractivity contribution is 0.0109. The van der Waals surface area contributed by atoms with E-state index < -0.39 is 21.1 Å². The average molecular weight is 322 g/mol. The summed E-state index contributed by atoms with van der Waals surface area (Å²) in [5.41, 5.74) is 0.203. The topological polar surface area (TPSA) is 74.6 Å². The van der Waals surface area contributed by atoms with Crippen molar-refractivity contribution in [2.24, 2.45) is 0 Å². The van der Waals surface area contributed by atoms with Crippen LogP contribution in [0.3, 0.4) is 0 Å². The molecule has 0 aromatic carbocycles. The summed E-state index contributed by atoms with van der Waals surface area (Å²) in [6.07, 6.45) is 2.79. The van der Waals surface area contributed by atoms with Crippen molar-refractivity contribution >= 4 is 25.7 Å². The normalized spacial score (nSPS) is 16.9. The molecule has 0 spiro atoms. The fraction of sp³-hybridized carbons (Fsp3) is 0.583. The third kappa shape index (κ3) is 3.53. The summed E-state index contributed by atoms with van der Waals surface area (Å²) in [4.78, 5) is 12.0. The van der Waals surface area contributed by atoms with Gasteiger partial charge in [0.15, 0.2) is 0 Å². The molecule has 1 fully saturated rings. The van der Waals surface area contributed by atoms with Crippen molar-refractivity contribution in [3.05, 3.63) is 18.0 Å². The Balaban J connectivity index is 2.25. The maximum absolute atomic E-state index is 12.1. The minimum absolute atomic E-state index is 0.0857. The summed E-state index contributed by atoms with van der Waals surface area (Å²) < 4.78 is 34.4. The van der Waals surface area contributed by atoms with Crippen molar-refractivity contribution in [1.82, 2.24) is 4.57 Å². The summed E-state index contributed by atoms with van der Waals surface area (Å²) in [5, 5.41) is 0. The molecule has 1 aliphatic rings. The van der Waals surface area contributed by atoms with Gasteiger partial charge in [0, 0.05) is 30.0 Å². The van der Waals surface area contributed by atoms with E-state index in [1.54, 1.807) is 11.5 Å². The van der Waals surface area contributed by atoms with Gasteiger partial charge in [0.25, 0.3) is 9.05 Å². The molecule has 2 rings (SSSR count). The molecule has 1 aromatic rings. The van der Waals surface area contributed by atoms with Gasteiger partial charge in [-0.2, -0.15) is 0 Å². The van der Waals surface area contributed by atoms with Crippen molar-refractivity contribution in [3.8, 4) is 0 Å². The quantitative estimate of drug-likeness (QED) is 0.591. The van der Waals surface area contributed by atoms with Gasteiger partial charge < -0.3 is 14.0 Å². The molecule has 0 aliphatic heterocycles. The number of carbonyl (C=O) groups is 1. The van der Waals surface area contributed by atoms with E-state index in [9.17, 15) is 13.2 Å². The number of ether oxygens (including phenoxy) is 2. The Morgan fingerprint density at radius 1 is 1.55 bits per heavy atom. The molecule has 1 saturated carbocycles. The van der Waals surface area contributed by atoms with Crippen LogP contribution in [0.4, 0.5) is 0 Å². The number of hydrogen-bond acceptors (Lipinski definition) is 5. The Hall–Kier alpha value is -1.05. The lowest BCUT2D eigenvalue weighted by Gasteiger charge is -2.13. The maximum atomic E-state index is 12.1. The van der Waals surface area contributed by atoms with Gasteiger partial charge in [-0.05, 0) is 25.8 Å². The first-order valence-corrected chi connectivity index (χ1v) is 8.50. The van der Waals surface area contributed by atoms with E-state index in [4.69, 9.17) is 20.2 Å². The molecular formula is C12H16ClNO5S. The first-order chi connectivity index (χ1) is 9.32. The fourth-order valence-electron chi connectivity index (χ4n) is 1.92. The zero-order valence-electron chi connectivity index (χ0n) is 11.2. The van der Waals surface area contributed by atoms with Crippen LogP contribution in [0, 0.1) is 0 Å². The average Bonchev–Trinajstić information content (AvgIpc) is 3.06. The van der Waals surface area contributed by atoms with Crippen LogP contribution in [0.2, 0.25) is 0 Å². The number of hydrogen-bond donors (Lipinski definition) is 0. The highest BCUT2D eigenvalue weighted by Gasteiger charge is 2.31. The van der Waals surface area contributed by atoms with Crippen LogP contribution in [-0.4, -0.2) is 38.8 Å². The van der Waals surface area contributed by atoms with Crippen molar-refractivity contribution in [3.63, 3.8) is 0 Å². The van der Waals surface area contributed by atoms with E-state index in [1.165, 1.54) is 19.4 Å². The van der Waals surface area contributed by atoms with E-state index in [0.717, 1.165) is 12.8 Å². The molecule has 112 valence electrons. The molecule has 1 aromatic heterocycles. The second-order valence-electron chi connectivity index (χ2n) is 4.81. The van der Waals surface area contributed by atoms with Gasteiger partial charge in [0.1, 0.15) is 16.7 Å². The van der Waals surface area contributed by atoms with Crippen LogP contribution in [0.25, 0.3) is 0 Å². The lowest BCUT2D eigenvalue weighted by atomic mass is 10.4. The predicted molar refractivity (Wildman–Crippen MR) is 72.5 cm³/mol. The smallest absolute Gasteiger partial charge is 0.355 e. The highest BCUT2D eigenvalue weighted by atomic mass is 35.7. The lowest BCUT2D eigenvalue weighted by Crippen LogP contribution is -2.21. The molecule has 1 heterocycles. The van der Waals surface area contributed by atoms with E-state index >= 15 is 0 Å². The molecule has 20 heavy (non-hydrogen) atoms. The number of nitrogens with zero attached hydrogens (tertiary/aromatic N) is 1. The SMILES string of the molecule is COCC(C)OC(=O)c1cc(S(=O)(=O)Cl)cn1C1CC1. The molecule has 1 atom stereocenters. The summed E-state index contributed by atoms with van der Waals surface area (Å²) in [6.45, 7) is 1.97. The zero-order chi connectivity index (χ0) is 14.9. The molecule has 0 saturated heterocycles. The largest absolute Gasteiger partial charge is 0.456 e. The minimum Gasteiger partial charge on any atom is -0.456 e. The second kappa shape index (κ2) is 5.75. The van der Waals surface area contributed by atoms with Gasteiger partial charge in [-0.15, -0.1) is 0 Å². The Bertz CT molecular complexity index is 605. The Kier molecular flexibility index (Phi) is 4.41. The van der Waals surface area contributed by atoms with E-state index in [1.807, 2.05) is 0 Å². The molecule has 1 unspecified atom stereocenters. The fourth-order valence-corrected chi connectivity index (χ4v) is 2.66. The zero-order valence-corrected chi connectivity index (χ0v) is 12.8. The number of aromatic nitrogens is 1. The summed E-state index contributed by atoms with van der Waals surface area (Å²) in [7, 11) is 2.96. The predicted octanol–water partition coefficient (Wildman–Crippen LogP) is 1.94. The number of halogens is 1. The maximum Gasteiger partial charge on any atom is 0.355 e. The number of esters is 1. The third-order valence-electron chi connectivity index (χ3n) is 2.96. The summed E-state index contributed by atoms with van der Waals surface area (Å²) >= 11 is 0.